The zero-order chi connectivity index (χ0) is 17.3. The summed E-state index contributed by atoms with van der Waals surface area (Å²) in [4.78, 5) is 0. The van der Waals surface area contributed by atoms with Crippen molar-refractivity contribution in [3.05, 3.63) is 0 Å². The van der Waals surface area contributed by atoms with Crippen LogP contribution in [-0.4, -0.2) is 57.1 Å². The average molecular weight is 347 g/mol. The molecule has 0 aromatic heterocycles. The van der Waals surface area contributed by atoms with Gasteiger partial charge in [0.2, 0.25) is 0 Å². The third-order valence-corrected chi connectivity index (χ3v) is 4.27. The zero-order valence-electron chi connectivity index (χ0n) is 15.5. The van der Waals surface area contributed by atoms with Crippen molar-refractivity contribution in [1.29, 1.82) is 0 Å². The quantitative estimate of drug-likeness (QED) is 0.407. The Hall–Kier alpha value is -0.200. The normalized spacial score (nSPS) is 20.8. The molecule has 5 nitrogen and oxygen atoms in total. The van der Waals surface area contributed by atoms with Gasteiger partial charge in [-0.3, -0.25) is 0 Å². The largest absolute Gasteiger partial charge is 0.394 e. The van der Waals surface area contributed by atoms with E-state index in [0.717, 1.165) is 6.42 Å². The van der Waals surface area contributed by atoms with Crippen LogP contribution >= 0.6 is 0 Å². The standard InChI is InChI=1S/C19H38O5/c1-2-3-4-5-6-7-8-9-10-11-19-23-17-18(24-19)16-22-15-14-21-13-12-20/h18-20H,2-17H2,1H3. The lowest BCUT2D eigenvalue weighted by Gasteiger charge is -2.12. The fraction of sp³-hybridized carbons (Fsp3) is 1.00. The van der Waals surface area contributed by atoms with Crippen molar-refractivity contribution < 1.29 is 24.1 Å². The summed E-state index contributed by atoms with van der Waals surface area (Å²) in [5, 5.41) is 8.58. The first-order valence-electron chi connectivity index (χ1n) is 9.90. The van der Waals surface area contributed by atoms with Crippen molar-refractivity contribution in [2.24, 2.45) is 0 Å². The van der Waals surface area contributed by atoms with Gasteiger partial charge in [-0.1, -0.05) is 58.3 Å². The second-order valence-electron chi connectivity index (χ2n) is 6.55. The first-order valence-corrected chi connectivity index (χ1v) is 9.90. The number of rotatable bonds is 17. The summed E-state index contributed by atoms with van der Waals surface area (Å²) in [5.41, 5.74) is 0. The maximum absolute atomic E-state index is 8.58. The molecule has 5 heteroatoms. The number of unbranched alkanes of at least 4 members (excludes halogenated alkanes) is 8. The highest BCUT2D eigenvalue weighted by atomic mass is 16.7. The lowest BCUT2D eigenvalue weighted by atomic mass is 10.1. The highest BCUT2D eigenvalue weighted by Gasteiger charge is 2.25. The van der Waals surface area contributed by atoms with Crippen molar-refractivity contribution in [3.63, 3.8) is 0 Å². The van der Waals surface area contributed by atoms with Crippen LogP contribution in [0.1, 0.15) is 71.1 Å². The summed E-state index contributed by atoms with van der Waals surface area (Å²) in [7, 11) is 0. The maximum atomic E-state index is 8.58. The summed E-state index contributed by atoms with van der Waals surface area (Å²) < 4.78 is 22.1. The van der Waals surface area contributed by atoms with Gasteiger partial charge in [0, 0.05) is 0 Å². The van der Waals surface area contributed by atoms with E-state index in [9.17, 15) is 0 Å². The molecule has 0 spiro atoms. The molecular formula is C19H38O5. The number of hydrogen-bond donors (Lipinski definition) is 1. The Morgan fingerprint density at radius 1 is 0.875 bits per heavy atom. The molecule has 2 unspecified atom stereocenters. The second-order valence-corrected chi connectivity index (χ2v) is 6.55. The molecule has 1 heterocycles. The van der Waals surface area contributed by atoms with Gasteiger partial charge in [-0.05, 0) is 12.8 Å². The van der Waals surface area contributed by atoms with Crippen LogP contribution in [0.25, 0.3) is 0 Å². The van der Waals surface area contributed by atoms with E-state index in [4.69, 9.17) is 24.1 Å². The molecule has 1 fully saturated rings. The van der Waals surface area contributed by atoms with Crippen LogP contribution in [0.15, 0.2) is 0 Å². The number of hydrogen-bond acceptors (Lipinski definition) is 5. The highest BCUT2D eigenvalue weighted by Crippen LogP contribution is 2.18. The van der Waals surface area contributed by atoms with E-state index in [-0.39, 0.29) is 19.0 Å². The summed E-state index contributed by atoms with van der Waals surface area (Å²) in [6.07, 6.45) is 13.0. The predicted octanol–water partition coefficient (Wildman–Crippen LogP) is 3.67. The average Bonchev–Trinajstić information content (AvgIpc) is 3.04. The van der Waals surface area contributed by atoms with E-state index in [1.54, 1.807) is 0 Å². The predicted molar refractivity (Wildman–Crippen MR) is 95.2 cm³/mol. The van der Waals surface area contributed by atoms with Crippen LogP contribution in [0.3, 0.4) is 0 Å². The highest BCUT2D eigenvalue weighted by molar-refractivity contribution is 4.65. The minimum Gasteiger partial charge on any atom is -0.394 e. The first kappa shape index (κ1) is 21.8. The van der Waals surface area contributed by atoms with Crippen LogP contribution in [0.2, 0.25) is 0 Å². The van der Waals surface area contributed by atoms with E-state index in [0.29, 0.717) is 33.0 Å². The fourth-order valence-corrected chi connectivity index (χ4v) is 2.87. The molecule has 1 saturated heterocycles. The summed E-state index contributed by atoms with van der Waals surface area (Å²) in [5.74, 6) is 0. The van der Waals surface area contributed by atoms with Crippen LogP contribution < -0.4 is 0 Å². The van der Waals surface area contributed by atoms with Gasteiger partial charge in [-0.15, -0.1) is 0 Å². The van der Waals surface area contributed by atoms with E-state index in [1.807, 2.05) is 0 Å². The number of aliphatic hydroxyl groups is 1. The van der Waals surface area contributed by atoms with E-state index in [1.165, 1.54) is 57.8 Å². The summed E-state index contributed by atoms with van der Waals surface area (Å²) >= 11 is 0. The fourth-order valence-electron chi connectivity index (χ4n) is 2.87. The summed E-state index contributed by atoms with van der Waals surface area (Å²) in [6.45, 7) is 4.90. The van der Waals surface area contributed by atoms with Crippen molar-refractivity contribution in [2.45, 2.75) is 83.5 Å². The molecular weight excluding hydrogens is 308 g/mol. The van der Waals surface area contributed by atoms with Gasteiger partial charge in [-0.2, -0.15) is 0 Å². The molecule has 1 aliphatic rings. The molecule has 2 atom stereocenters. The Kier molecular flexibility index (Phi) is 14.8. The third kappa shape index (κ3) is 12.2. The van der Waals surface area contributed by atoms with Crippen LogP contribution in [0.5, 0.6) is 0 Å². The zero-order valence-corrected chi connectivity index (χ0v) is 15.5. The van der Waals surface area contributed by atoms with Crippen molar-refractivity contribution in [1.82, 2.24) is 0 Å². The van der Waals surface area contributed by atoms with Crippen LogP contribution in [0.4, 0.5) is 0 Å². The smallest absolute Gasteiger partial charge is 0.158 e. The molecule has 0 bridgehead atoms. The van der Waals surface area contributed by atoms with Gasteiger partial charge < -0.3 is 24.1 Å². The number of aliphatic hydroxyl groups excluding tert-OH is 1. The monoisotopic (exact) mass is 346 g/mol. The van der Waals surface area contributed by atoms with Gasteiger partial charge in [0.25, 0.3) is 0 Å². The Morgan fingerprint density at radius 2 is 1.54 bits per heavy atom. The summed E-state index contributed by atoms with van der Waals surface area (Å²) in [6, 6.07) is 0. The Bertz CT molecular complexity index is 262. The maximum Gasteiger partial charge on any atom is 0.158 e. The van der Waals surface area contributed by atoms with Gasteiger partial charge >= 0.3 is 0 Å². The molecule has 24 heavy (non-hydrogen) atoms. The van der Waals surface area contributed by atoms with Gasteiger partial charge in [0.15, 0.2) is 6.29 Å². The SMILES string of the molecule is CCCCCCCCCCCC1OCC(COCCOCCO)O1. The molecule has 1 aliphatic heterocycles. The topological polar surface area (TPSA) is 57.2 Å². The van der Waals surface area contributed by atoms with Crippen molar-refractivity contribution in [3.8, 4) is 0 Å². The molecule has 0 aliphatic carbocycles. The third-order valence-electron chi connectivity index (χ3n) is 4.27. The van der Waals surface area contributed by atoms with E-state index < -0.39 is 0 Å². The number of ether oxygens (including phenoxy) is 4. The second kappa shape index (κ2) is 16.3. The van der Waals surface area contributed by atoms with E-state index >= 15 is 0 Å². The molecule has 1 rings (SSSR count). The Labute approximate surface area is 148 Å². The Balaban J connectivity index is 1.83. The van der Waals surface area contributed by atoms with Crippen LogP contribution in [0, 0.1) is 0 Å². The lowest BCUT2D eigenvalue weighted by Crippen LogP contribution is -2.20. The first-order chi connectivity index (χ1) is 11.9. The molecule has 0 radical (unpaired) electrons. The van der Waals surface area contributed by atoms with Crippen molar-refractivity contribution in [2.75, 3.05) is 39.6 Å². The molecule has 1 N–H and O–H groups in total. The molecule has 0 amide bonds. The lowest BCUT2D eigenvalue weighted by molar-refractivity contribution is -0.0787. The minimum absolute atomic E-state index is 0.0474. The van der Waals surface area contributed by atoms with Gasteiger partial charge in [0.1, 0.15) is 6.10 Å². The van der Waals surface area contributed by atoms with Gasteiger partial charge in [-0.25, -0.2) is 0 Å². The molecule has 0 aromatic carbocycles. The molecule has 0 saturated carbocycles. The Morgan fingerprint density at radius 3 is 2.25 bits per heavy atom. The van der Waals surface area contributed by atoms with Crippen molar-refractivity contribution >= 4 is 0 Å². The van der Waals surface area contributed by atoms with E-state index in [2.05, 4.69) is 6.92 Å². The van der Waals surface area contributed by atoms with Gasteiger partial charge in [0.05, 0.1) is 39.6 Å². The molecule has 144 valence electrons. The van der Waals surface area contributed by atoms with Crippen LogP contribution in [-0.2, 0) is 18.9 Å². The molecule has 0 aromatic rings. The minimum atomic E-state index is -0.0474.